The molecule has 106 valence electrons. The van der Waals surface area contributed by atoms with Crippen LogP contribution in [-0.2, 0) is 19.5 Å². The van der Waals surface area contributed by atoms with E-state index in [4.69, 9.17) is 0 Å². The van der Waals surface area contributed by atoms with E-state index in [1.165, 1.54) is 29.7 Å². The molecule has 1 aliphatic rings. The SMILES string of the molecule is CC(Cn1ccnc1)NCc1cccc2c1NCCC2. The smallest absolute Gasteiger partial charge is 0.0946 e. The lowest BCUT2D eigenvalue weighted by molar-refractivity contribution is 0.476. The fraction of sp³-hybridized carbons (Fsp3) is 0.438. The average molecular weight is 270 g/mol. The van der Waals surface area contributed by atoms with E-state index in [-0.39, 0.29) is 0 Å². The number of nitrogens with zero attached hydrogens (tertiary/aromatic N) is 2. The Labute approximate surface area is 120 Å². The van der Waals surface area contributed by atoms with E-state index in [2.05, 4.69) is 45.3 Å². The number of hydrogen-bond acceptors (Lipinski definition) is 3. The summed E-state index contributed by atoms with van der Waals surface area (Å²) in [5, 5.41) is 7.14. The van der Waals surface area contributed by atoms with Crippen molar-refractivity contribution < 1.29 is 0 Å². The van der Waals surface area contributed by atoms with Crippen LogP contribution in [-0.4, -0.2) is 22.1 Å². The highest BCUT2D eigenvalue weighted by molar-refractivity contribution is 5.59. The van der Waals surface area contributed by atoms with Gasteiger partial charge in [0.15, 0.2) is 0 Å². The van der Waals surface area contributed by atoms with Gasteiger partial charge in [-0.25, -0.2) is 4.98 Å². The van der Waals surface area contributed by atoms with Gasteiger partial charge in [0, 0.05) is 43.8 Å². The molecule has 1 unspecified atom stereocenters. The van der Waals surface area contributed by atoms with E-state index in [0.717, 1.165) is 19.6 Å². The monoisotopic (exact) mass is 270 g/mol. The summed E-state index contributed by atoms with van der Waals surface area (Å²) < 4.78 is 2.11. The molecule has 1 aromatic carbocycles. The van der Waals surface area contributed by atoms with Crippen molar-refractivity contribution in [1.29, 1.82) is 0 Å². The molecule has 0 radical (unpaired) electrons. The lowest BCUT2D eigenvalue weighted by atomic mass is 9.99. The maximum Gasteiger partial charge on any atom is 0.0946 e. The van der Waals surface area contributed by atoms with Gasteiger partial charge in [-0.15, -0.1) is 0 Å². The van der Waals surface area contributed by atoms with Crippen molar-refractivity contribution in [3.8, 4) is 0 Å². The number of para-hydroxylation sites is 1. The van der Waals surface area contributed by atoms with Crippen LogP contribution in [0, 0.1) is 0 Å². The van der Waals surface area contributed by atoms with Gasteiger partial charge in [0.2, 0.25) is 0 Å². The van der Waals surface area contributed by atoms with Crippen LogP contribution in [0.2, 0.25) is 0 Å². The Morgan fingerprint density at radius 3 is 3.25 bits per heavy atom. The summed E-state index contributed by atoms with van der Waals surface area (Å²) >= 11 is 0. The summed E-state index contributed by atoms with van der Waals surface area (Å²) in [6.45, 7) is 5.16. The molecule has 0 spiro atoms. The Hall–Kier alpha value is -1.81. The van der Waals surface area contributed by atoms with E-state index in [0.29, 0.717) is 6.04 Å². The molecule has 2 heterocycles. The fourth-order valence-electron chi connectivity index (χ4n) is 2.79. The summed E-state index contributed by atoms with van der Waals surface area (Å²) in [6.07, 6.45) is 8.13. The third kappa shape index (κ3) is 3.02. The van der Waals surface area contributed by atoms with Crippen LogP contribution in [0.25, 0.3) is 0 Å². The molecule has 0 amide bonds. The maximum atomic E-state index is 4.08. The number of aryl methyl sites for hydroxylation is 1. The van der Waals surface area contributed by atoms with Crippen LogP contribution < -0.4 is 10.6 Å². The van der Waals surface area contributed by atoms with Gasteiger partial charge in [-0.3, -0.25) is 0 Å². The van der Waals surface area contributed by atoms with Crippen LogP contribution >= 0.6 is 0 Å². The first-order valence-corrected chi connectivity index (χ1v) is 7.36. The molecule has 4 nitrogen and oxygen atoms in total. The molecule has 0 saturated heterocycles. The average Bonchev–Trinajstić information content (AvgIpc) is 2.98. The maximum absolute atomic E-state index is 4.08. The minimum absolute atomic E-state index is 0.420. The Morgan fingerprint density at radius 2 is 2.40 bits per heavy atom. The van der Waals surface area contributed by atoms with Crippen molar-refractivity contribution in [2.45, 2.75) is 38.9 Å². The predicted molar refractivity (Wildman–Crippen MR) is 81.8 cm³/mol. The summed E-state index contributed by atoms with van der Waals surface area (Å²) in [4.78, 5) is 4.08. The molecule has 0 bridgehead atoms. The summed E-state index contributed by atoms with van der Waals surface area (Å²) in [5.74, 6) is 0. The molecular formula is C16H22N4. The second kappa shape index (κ2) is 6.09. The minimum atomic E-state index is 0.420. The van der Waals surface area contributed by atoms with Gasteiger partial charge < -0.3 is 15.2 Å². The van der Waals surface area contributed by atoms with Gasteiger partial charge >= 0.3 is 0 Å². The van der Waals surface area contributed by atoms with Gasteiger partial charge in [-0.1, -0.05) is 18.2 Å². The number of aromatic nitrogens is 2. The zero-order valence-electron chi connectivity index (χ0n) is 12.0. The third-order valence-electron chi connectivity index (χ3n) is 3.85. The lowest BCUT2D eigenvalue weighted by Crippen LogP contribution is -2.30. The Bertz CT molecular complexity index is 548. The van der Waals surface area contributed by atoms with Crippen molar-refractivity contribution in [1.82, 2.24) is 14.9 Å². The molecule has 3 rings (SSSR count). The van der Waals surface area contributed by atoms with Crippen LogP contribution in [0.5, 0.6) is 0 Å². The Balaban J connectivity index is 1.61. The summed E-state index contributed by atoms with van der Waals surface area (Å²) in [6, 6.07) is 7.04. The summed E-state index contributed by atoms with van der Waals surface area (Å²) in [5.41, 5.74) is 4.18. The molecule has 0 aliphatic carbocycles. The zero-order chi connectivity index (χ0) is 13.8. The van der Waals surface area contributed by atoms with E-state index < -0.39 is 0 Å². The van der Waals surface area contributed by atoms with E-state index >= 15 is 0 Å². The first-order valence-electron chi connectivity index (χ1n) is 7.36. The normalized spacial score (nSPS) is 15.4. The molecule has 20 heavy (non-hydrogen) atoms. The molecule has 1 atom stereocenters. The Morgan fingerprint density at radius 1 is 1.45 bits per heavy atom. The standard InChI is InChI=1S/C16H22N4/c1-13(11-20-9-8-17-12-20)19-10-15-5-2-4-14-6-3-7-18-16(14)15/h2,4-5,8-9,12-13,18-19H,3,6-7,10-11H2,1H3. The highest BCUT2D eigenvalue weighted by Gasteiger charge is 2.12. The van der Waals surface area contributed by atoms with Gasteiger partial charge in [0.25, 0.3) is 0 Å². The van der Waals surface area contributed by atoms with Crippen molar-refractivity contribution >= 4 is 5.69 Å². The molecular weight excluding hydrogens is 248 g/mol. The van der Waals surface area contributed by atoms with Gasteiger partial charge in [0.1, 0.15) is 0 Å². The van der Waals surface area contributed by atoms with Crippen molar-refractivity contribution in [2.24, 2.45) is 0 Å². The second-order valence-electron chi connectivity index (χ2n) is 5.52. The van der Waals surface area contributed by atoms with Gasteiger partial charge in [-0.05, 0) is 30.9 Å². The quantitative estimate of drug-likeness (QED) is 0.877. The van der Waals surface area contributed by atoms with E-state index in [9.17, 15) is 0 Å². The topological polar surface area (TPSA) is 41.9 Å². The number of rotatable bonds is 5. The minimum Gasteiger partial charge on any atom is -0.385 e. The highest BCUT2D eigenvalue weighted by atomic mass is 15.1. The zero-order valence-corrected chi connectivity index (χ0v) is 12.0. The number of imidazole rings is 1. The summed E-state index contributed by atoms with van der Waals surface area (Å²) in [7, 11) is 0. The molecule has 1 aromatic heterocycles. The van der Waals surface area contributed by atoms with E-state index in [1.807, 2.05) is 18.7 Å². The number of anilines is 1. The van der Waals surface area contributed by atoms with E-state index in [1.54, 1.807) is 0 Å². The fourth-order valence-corrected chi connectivity index (χ4v) is 2.79. The largest absolute Gasteiger partial charge is 0.385 e. The van der Waals surface area contributed by atoms with Gasteiger partial charge in [-0.2, -0.15) is 0 Å². The molecule has 1 aliphatic heterocycles. The Kier molecular flexibility index (Phi) is 4.02. The number of hydrogen-bond donors (Lipinski definition) is 2. The second-order valence-corrected chi connectivity index (χ2v) is 5.52. The number of fused-ring (bicyclic) bond motifs is 1. The lowest BCUT2D eigenvalue weighted by Gasteiger charge is -2.22. The van der Waals surface area contributed by atoms with Crippen molar-refractivity contribution in [3.05, 3.63) is 48.0 Å². The van der Waals surface area contributed by atoms with Crippen molar-refractivity contribution in [3.63, 3.8) is 0 Å². The first-order chi connectivity index (χ1) is 9.83. The number of nitrogens with one attached hydrogen (secondary N) is 2. The molecule has 2 aromatic rings. The highest BCUT2D eigenvalue weighted by Crippen LogP contribution is 2.25. The van der Waals surface area contributed by atoms with Crippen LogP contribution in [0.15, 0.2) is 36.9 Å². The van der Waals surface area contributed by atoms with Crippen molar-refractivity contribution in [2.75, 3.05) is 11.9 Å². The van der Waals surface area contributed by atoms with Crippen LogP contribution in [0.1, 0.15) is 24.5 Å². The van der Waals surface area contributed by atoms with Crippen LogP contribution in [0.4, 0.5) is 5.69 Å². The third-order valence-corrected chi connectivity index (χ3v) is 3.85. The molecule has 0 fully saturated rings. The predicted octanol–water partition coefficient (Wildman–Crippen LogP) is 2.42. The first kappa shape index (κ1) is 13.2. The number of benzene rings is 1. The molecule has 2 N–H and O–H groups in total. The molecule has 4 heteroatoms. The van der Waals surface area contributed by atoms with Gasteiger partial charge in [0.05, 0.1) is 6.33 Å². The molecule has 0 saturated carbocycles. The van der Waals surface area contributed by atoms with Crippen LogP contribution in [0.3, 0.4) is 0 Å².